The van der Waals surface area contributed by atoms with Gasteiger partial charge in [-0.3, -0.25) is 4.57 Å². The van der Waals surface area contributed by atoms with Gasteiger partial charge in [0.15, 0.2) is 11.5 Å². The van der Waals surface area contributed by atoms with E-state index in [-0.39, 0.29) is 11.5 Å². The number of aliphatic hydroxyl groups is 1. The van der Waals surface area contributed by atoms with Crippen LogP contribution in [0.5, 0.6) is 11.5 Å². The molecule has 272 valence electrons. The Labute approximate surface area is 346 Å². The maximum absolute atomic E-state index is 12.6. The first-order valence-corrected chi connectivity index (χ1v) is 20.2. The summed E-state index contributed by atoms with van der Waals surface area (Å²) in [6.07, 6.45) is 0. The van der Waals surface area contributed by atoms with E-state index in [1.165, 1.54) is 21.8 Å². The molecule has 0 fully saturated rings. The minimum absolute atomic E-state index is 0.118. The Morgan fingerprint density at radius 3 is 1.78 bits per heavy atom. The highest BCUT2D eigenvalue weighted by atomic mass is 16.3. The zero-order valence-corrected chi connectivity index (χ0v) is 35.1. The van der Waals surface area contributed by atoms with Crippen LogP contribution in [0.25, 0.3) is 82.1 Å². The smallest absolute Gasteiger partial charge is 0.165 e. The number of phenols is 2. The third-order valence-corrected chi connectivity index (χ3v) is 13.8. The van der Waals surface area contributed by atoms with Gasteiger partial charge in [0, 0.05) is 16.5 Å². The van der Waals surface area contributed by atoms with Crippen molar-refractivity contribution in [1.82, 2.24) is 9.55 Å². The summed E-state index contributed by atoms with van der Waals surface area (Å²) in [5.41, 5.74) is 12.7. The fourth-order valence-electron chi connectivity index (χ4n) is 9.35. The number of phenolic OH excluding ortho intramolecular Hbond substituents is 2. The summed E-state index contributed by atoms with van der Waals surface area (Å²) in [5, 5.41) is 42.5. The molecule has 0 atom stereocenters. The van der Waals surface area contributed by atoms with Gasteiger partial charge in [0.05, 0.1) is 16.7 Å². The normalized spacial score (nSPS) is 12.4. The standard InChI is InChI=1S/C44H41B9N2O3/c1-19-29-31(25-18-20-10-2-3-11-21(20)22-12-4-5-13-23(22)25)33-32(36(46)38(48)39(49)37(33)47)30(34(29)40(56)41(57)35(19)45)24-14-6-8-16-27(24)55-28-17-9-7-15-26(28)54-42(55)43(50,51)44(52,53)58/h2-18,56-58H,45-53H2,1H3. The molecule has 1 heterocycles. The van der Waals surface area contributed by atoms with Crippen molar-refractivity contribution in [3.63, 3.8) is 0 Å². The van der Waals surface area contributed by atoms with Crippen molar-refractivity contribution in [3.05, 3.63) is 115 Å². The molecule has 5 nitrogen and oxygen atoms in total. The molecule has 8 aromatic carbocycles. The van der Waals surface area contributed by atoms with E-state index in [9.17, 15) is 15.3 Å². The Balaban J connectivity index is 1.57. The highest BCUT2D eigenvalue weighted by Gasteiger charge is 2.41. The quantitative estimate of drug-likeness (QED) is 0.0779. The third-order valence-electron chi connectivity index (χ3n) is 13.8. The Kier molecular flexibility index (Phi) is 8.65. The Bertz CT molecular complexity index is 3170. The van der Waals surface area contributed by atoms with Gasteiger partial charge in [-0.05, 0) is 102 Å². The van der Waals surface area contributed by atoms with Gasteiger partial charge in [0.1, 0.15) is 76.4 Å². The van der Waals surface area contributed by atoms with E-state index in [4.69, 9.17) is 4.98 Å². The molecule has 1 aromatic heterocycles. The van der Waals surface area contributed by atoms with Crippen LogP contribution in [0.2, 0.25) is 0 Å². The van der Waals surface area contributed by atoms with E-state index in [2.05, 4.69) is 116 Å². The number of imidazole rings is 1. The molecule has 9 rings (SSSR count). The SMILES string of the molecule is Bc1c(B)c(B)c2c(-c3ccccc3-n3c(C(B)(B)C(B)(B)O)nc4ccccc43)c3c(O)c(O)c(B)c(C)c3c(-c3cc4ccccc4c4ccccc34)c2c1B. The summed E-state index contributed by atoms with van der Waals surface area (Å²) in [6.45, 7) is 2.07. The van der Waals surface area contributed by atoms with Crippen LogP contribution in [0.4, 0.5) is 0 Å². The maximum Gasteiger partial charge on any atom is 0.165 e. The van der Waals surface area contributed by atoms with Crippen molar-refractivity contribution in [2.75, 3.05) is 0 Å². The fraction of sp³-hybridized carbons (Fsp3) is 0.0682. The molecule has 0 aliphatic heterocycles. The summed E-state index contributed by atoms with van der Waals surface area (Å²) < 4.78 is 2.19. The number of hydrogen-bond acceptors (Lipinski definition) is 4. The summed E-state index contributed by atoms with van der Waals surface area (Å²) in [5.74, 6) is 0.465. The zero-order valence-electron chi connectivity index (χ0n) is 35.1. The van der Waals surface area contributed by atoms with Crippen molar-refractivity contribution in [2.24, 2.45) is 0 Å². The Hall–Kier alpha value is -5.59. The number of aromatic nitrogens is 2. The number of rotatable bonds is 5. The molecule has 0 bridgehead atoms. The number of aryl methyl sites for hydroxylation is 1. The van der Waals surface area contributed by atoms with Gasteiger partial charge in [-0.15, -0.1) is 10.9 Å². The van der Waals surface area contributed by atoms with Crippen molar-refractivity contribution in [3.8, 4) is 39.4 Å². The predicted octanol–water partition coefficient (Wildman–Crippen LogP) is -2.68. The summed E-state index contributed by atoms with van der Waals surface area (Å²) in [6, 6.07) is 35.9. The van der Waals surface area contributed by atoms with Crippen LogP contribution in [0.1, 0.15) is 11.4 Å². The molecule has 0 spiro atoms. The van der Waals surface area contributed by atoms with Crippen molar-refractivity contribution < 1.29 is 15.3 Å². The van der Waals surface area contributed by atoms with Crippen LogP contribution in [0.3, 0.4) is 0 Å². The number of benzene rings is 8. The molecule has 0 aliphatic carbocycles. The van der Waals surface area contributed by atoms with Gasteiger partial charge in [-0.25, -0.2) is 4.98 Å². The second-order valence-electron chi connectivity index (χ2n) is 17.3. The molecule has 0 amide bonds. The van der Waals surface area contributed by atoms with Crippen LogP contribution in [0, 0.1) is 6.92 Å². The average Bonchev–Trinajstić information content (AvgIpc) is 3.62. The molecule has 3 N–H and O–H groups in total. The van der Waals surface area contributed by atoms with Crippen LogP contribution in [-0.4, -0.2) is 101 Å². The highest BCUT2D eigenvalue weighted by molar-refractivity contribution is 6.68. The number of fused-ring (bicyclic) bond motifs is 6. The molecule has 14 heteroatoms. The molecule has 0 aliphatic rings. The van der Waals surface area contributed by atoms with Gasteiger partial charge in [-0.1, -0.05) is 89.8 Å². The van der Waals surface area contributed by atoms with Gasteiger partial charge >= 0.3 is 0 Å². The van der Waals surface area contributed by atoms with Crippen LogP contribution in [-0.2, 0) is 5.21 Å². The second kappa shape index (κ2) is 13.2. The first kappa shape index (κ1) is 38.0. The third kappa shape index (κ3) is 5.23. The molecule has 9 aromatic rings. The molecular formula is C44H41B9N2O3. The van der Waals surface area contributed by atoms with Crippen LogP contribution >= 0.6 is 0 Å². The molecule has 0 saturated heterocycles. The van der Waals surface area contributed by atoms with Crippen molar-refractivity contribution >= 4 is 152 Å². The van der Waals surface area contributed by atoms with Crippen LogP contribution < -0.4 is 27.3 Å². The van der Waals surface area contributed by atoms with E-state index in [1.54, 1.807) is 0 Å². The second-order valence-corrected chi connectivity index (χ2v) is 17.3. The Morgan fingerprint density at radius 1 is 0.552 bits per heavy atom. The van der Waals surface area contributed by atoms with E-state index in [0.29, 0.717) is 10.8 Å². The van der Waals surface area contributed by atoms with Crippen molar-refractivity contribution in [1.29, 1.82) is 0 Å². The lowest BCUT2D eigenvalue weighted by molar-refractivity contribution is 0.189. The van der Waals surface area contributed by atoms with E-state index >= 15 is 0 Å². The van der Waals surface area contributed by atoms with Crippen LogP contribution in [0.15, 0.2) is 103 Å². The first-order valence-electron chi connectivity index (χ1n) is 20.2. The maximum atomic E-state index is 12.6. The number of nitrogens with zero attached hydrogens (tertiary/aromatic N) is 2. The monoisotopic (exact) mass is 744 g/mol. The molecular weight excluding hydrogens is 702 g/mol. The molecule has 0 saturated carbocycles. The molecule has 58 heavy (non-hydrogen) atoms. The highest BCUT2D eigenvalue weighted by Crippen LogP contribution is 2.51. The minimum Gasteiger partial charge on any atom is -0.505 e. The Morgan fingerprint density at radius 2 is 1.10 bits per heavy atom. The molecule has 0 radical (unpaired) electrons. The average molecular weight is 743 g/mol. The lowest BCUT2D eigenvalue weighted by Gasteiger charge is -2.38. The lowest BCUT2D eigenvalue weighted by atomic mass is 9.35. The number of para-hydroxylation sites is 3. The van der Waals surface area contributed by atoms with E-state index < -0.39 is 10.6 Å². The van der Waals surface area contributed by atoms with Crippen molar-refractivity contribution in [2.45, 2.75) is 17.5 Å². The summed E-state index contributed by atoms with van der Waals surface area (Å²) in [4.78, 5) is 5.22. The molecule has 0 unspecified atom stereocenters. The number of aromatic hydroxyl groups is 2. The number of hydrogen-bond donors (Lipinski definition) is 3. The van der Waals surface area contributed by atoms with E-state index in [0.717, 1.165) is 88.1 Å². The van der Waals surface area contributed by atoms with Gasteiger partial charge < -0.3 is 15.3 Å². The fourth-order valence-corrected chi connectivity index (χ4v) is 9.35. The first-order chi connectivity index (χ1) is 27.6. The van der Waals surface area contributed by atoms with Gasteiger partial charge in [0.25, 0.3) is 0 Å². The predicted molar refractivity (Wildman–Crippen MR) is 272 cm³/mol. The minimum atomic E-state index is -1.12. The topological polar surface area (TPSA) is 78.5 Å². The largest absolute Gasteiger partial charge is 0.505 e. The summed E-state index contributed by atoms with van der Waals surface area (Å²) >= 11 is 0. The van der Waals surface area contributed by atoms with E-state index in [1.807, 2.05) is 69.6 Å². The lowest BCUT2D eigenvalue weighted by Crippen LogP contribution is -2.55. The van der Waals surface area contributed by atoms with Gasteiger partial charge in [-0.2, -0.15) is 0 Å². The zero-order chi connectivity index (χ0) is 41.2. The summed E-state index contributed by atoms with van der Waals surface area (Å²) in [7, 11) is 18.5. The van der Waals surface area contributed by atoms with Gasteiger partial charge in [0.2, 0.25) is 0 Å².